The molecule has 0 saturated carbocycles. The Morgan fingerprint density at radius 2 is 2.07 bits per heavy atom. The Hall–Kier alpha value is -3.82. The normalized spacial score (nSPS) is 12.2. The van der Waals surface area contributed by atoms with Crippen LogP contribution in [0.15, 0.2) is 52.2 Å². The van der Waals surface area contributed by atoms with Crippen LogP contribution in [0.25, 0.3) is 22.4 Å². The quantitative estimate of drug-likeness (QED) is 0.517. The van der Waals surface area contributed by atoms with Crippen molar-refractivity contribution in [3.8, 4) is 11.4 Å². The minimum Gasteiger partial charge on any atom is -0.352 e. The number of carbonyl (C=O) groups excluding carboxylic acids is 1. The molecule has 0 spiro atoms. The van der Waals surface area contributed by atoms with Crippen molar-refractivity contribution in [1.82, 2.24) is 34.8 Å². The van der Waals surface area contributed by atoms with E-state index >= 15 is 0 Å². The summed E-state index contributed by atoms with van der Waals surface area (Å²) in [5.74, 6) is 0.612. The molecule has 148 valence electrons. The fourth-order valence-corrected chi connectivity index (χ4v) is 3.01. The van der Waals surface area contributed by atoms with E-state index in [9.17, 15) is 9.59 Å². The highest BCUT2D eigenvalue weighted by Crippen LogP contribution is 2.15. The zero-order valence-corrected chi connectivity index (χ0v) is 15.9. The van der Waals surface area contributed by atoms with Crippen molar-refractivity contribution in [3.05, 3.63) is 59.1 Å². The predicted molar refractivity (Wildman–Crippen MR) is 104 cm³/mol. The maximum Gasteiger partial charge on any atom is 0.264 e. The third kappa shape index (κ3) is 3.91. The SMILES string of the molecule is C[C@@H](Cc1nc(-c2ccccc2)no1)NC(=O)Cn1cnc2c(cnn2C)c1=O. The lowest BCUT2D eigenvalue weighted by Gasteiger charge is -2.12. The Labute approximate surface area is 165 Å². The van der Waals surface area contributed by atoms with Crippen LogP contribution in [-0.2, 0) is 24.8 Å². The first-order chi connectivity index (χ1) is 14.0. The van der Waals surface area contributed by atoms with E-state index in [1.54, 1.807) is 7.05 Å². The lowest BCUT2D eigenvalue weighted by Crippen LogP contribution is -2.38. The van der Waals surface area contributed by atoms with Crippen LogP contribution in [0.4, 0.5) is 0 Å². The monoisotopic (exact) mass is 393 g/mol. The number of rotatable bonds is 6. The van der Waals surface area contributed by atoms with E-state index in [0.29, 0.717) is 29.2 Å². The van der Waals surface area contributed by atoms with Crippen molar-refractivity contribution in [2.45, 2.75) is 25.9 Å². The minimum absolute atomic E-state index is 0.139. The van der Waals surface area contributed by atoms with Crippen LogP contribution in [0.5, 0.6) is 0 Å². The average molecular weight is 393 g/mol. The summed E-state index contributed by atoms with van der Waals surface area (Å²) >= 11 is 0. The third-order valence-corrected chi connectivity index (χ3v) is 4.42. The maximum absolute atomic E-state index is 12.4. The van der Waals surface area contributed by atoms with Crippen LogP contribution in [-0.4, -0.2) is 41.4 Å². The van der Waals surface area contributed by atoms with Gasteiger partial charge < -0.3 is 9.84 Å². The Morgan fingerprint density at radius 1 is 1.28 bits per heavy atom. The molecule has 4 rings (SSSR count). The largest absolute Gasteiger partial charge is 0.352 e. The minimum atomic E-state index is -0.313. The van der Waals surface area contributed by atoms with Crippen LogP contribution >= 0.6 is 0 Å². The number of amides is 1. The van der Waals surface area contributed by atoms with E-state index in [2.05, 4.69) is 25.5 Å². The van der Waals surface area contributed by atoms with Gasteiger partial charge in [0, 0.05) is 25.1 Å². The molecule has 0 saturated heterocycles. The number of hydrogen-bond donors (Lipinski definition) is 1. The van der Waals surface area contributed by atoms with Crippen LogP contribution in [0.2, 0.25) is 0 Å². The Bertz CT molecular complexity index is 1210. The van der Waals surface area contributed by atoms with Gasteiger partial charge in [0.2, 0.25) is 17.6 Å². The van der Waals surface area contributed by atoms with Crippen molar-refractivity contribution in [2.24, 2.45) is 7.05 Å². The van der Waals surface area contributed by atoms with Gasteiger partial charge in [-0.3, -0.25) is 18.8 Å². The van der Waals surface area contributed by atoms with Crippen molar-refractivity contribution in [1.29, 1.82) is 0 Å². The molecule has 0 aliphatic carbocycles. The average Bonchev–Trinajstić information content (AvgIpc) is 3.32. The molecule has 10 nitrogen and oxygen atoms in total. The number of aromatic nitrogens is 6. The van der Waals surface area contributed by atoms with Crippen molar-refractivity contribution >= 4 is 16.9 Å². The van der Waals surface area contributed by atoms with Gasteiger partial charge in [0.05, 0.1) is 6.20 Å². The fourth-order valence-electron chi connectivity index (χ4n) is 3.01. The van der Waals surface area contributed by atoms with Crippen LogP contribution in [0.1, 0.15) is 12.8 Å². The number of nitrogens with zero attached hydrogens (tertiary/aromatic N) is 6. The summed E-state index contributed by atoms with van der Waals surface area (Å²) in [5, 5.41) is 11.2. The molecule has 3 aromatic heterocycles. The molecule has 1 N–H and O–H groups in total. The molecule has 0 aliphatic heterocycles. The Balaban J connectivity index is 1.38. The summed E-state index contributed by atoms with van der Waals surface area (Å²) in [7, 11) is 1.70. The summed E-state index contributed by atoms with van der Waals surface area (Å²) in [6, 6.07) is 9.24. The number of hydrogen-bond acceptors (Lipinski definition) is 7. The van der Waals surface area contributed by atoms with Gasteiger partial charge in [-0.2, -0.15) is 10.1 Å². The van der Waals surface area contributed by atoms with Gasteiger partial charge in [-0.25, -0.2) is 4.98 Å². The highest BCUT2D eigenvalue weighted by molar-refractivity contribution is 5.77. The fraction of sp³-hybridized carbons (Fsp3) is 0.263. The van der Waals surface area contributed by atoms with Gasteiger partial charge in [-0.05, 0) is 6.92 Å². The molecule has 0 aliphatic rings. The molecule has 29 heavy (non-hydrogen) atoms. The van der Waals surface area contributed by atoms with E-state index in [-0.39, 0.29) is 24.1 Å². The molecule has 1 aromatic carbocycles. The lowest BCUT2D eigenvalue weighted by atomic mass is 10.2. The van der Waals surface area contributed by atoms with Crippen LogP contribution < -0.4 is 10.9 Å². The first-order valence-corrected chi connectivity index (χ1v) is 9.06. The van der Waals surface area contributed by atoms with Gasteiger partial charge in [0.1, 0.15) is 18.3 Å². The summed E-state index contributed by atoms with van der Waals surface area (Å²) in [5.41, 5.74) is 1.03. The maximum atomic E-state index is 12.4. The van der Waals surface area contributed by atoms with Gasteiger partial charge in [-0.15, -0.1) is 0 Å². The smallest absolute Gasteiger partial charge is 0.264 e. The zero-order chi connectivity index (χ0) is 20.4. The van der Waals surface area contributed by atoms with Crippen molar-refractivity contribution < 1.29 is 9.32 Å². The van der Waals surface area contributed by atoms with Crippen molar-refractivity contribution in [3.63, 3.8) is 0 Å². The van der Waals surface area contributed by atoms with Gasteiger partial charge >= 0.3 is 0 Å². The summed E-state index contributed by atoms with van der Waals surface area (Å²) < 4.78 is 8.04. The standard InChI is InChI=1S/C19H19N7O3/c1-12(8-16-23-17(24-29-16)13-6-4-3-5-7-13)22-15(27)10-26-11-20-18-14(19(26)28)9-21-25(18)2/h3-7,9,11-12H,8,10H2,1-2H3,(H,22,27)/t12-/m0/s1. The second-order valence-electron chi connectivity index (χ2n) is 6.73. The van der Waals surface area contributed by atoms with E-state index in [4.69, 9.17) is 4.52 Å². The molecule has 0 bridgehead atoms. The van der Waals surface area contributed by atoms with E-state index in [0.717, 1.165) is 5.56 Å². The molecule has 0 fully saturated rings. The first kappa shape index (κ1) is 18.5. The molecular formula is C19H19N7O3. The number of aryl methyl sites for hydroxylation is 1. The molecule has 10 heteroatoms. The summed E-state index contributed by atoms with van der Waals surface area (Å²) in [4.78, 5) is 33.3. The third-order valence-electron chi connectivity index (χ3n) is 4.42. The van der Waals surface area contributed by atoms with Gasteiger partial charge in [-0.1, -0.05) is 35.5 Å². The predicted octanol–water partition coefficient (Wildman–Crippen LogP) is 0.927. The summed E-state index contributed by atoms with van der Waals surface area (Å²) in [6.45, 7) is 1.69. The zero-order valence-electron chi connectivity index (χ0n) is 15.9. The Kier molecular flexibility index (Phi) is 4.90. The van der Waals surface area contributed by atoms with Crippen LogP contribution in [0, 0.1) is 0 Å². The molecule has 1 amide bonds. The first-order valence-electron chi connectivity index (χ1n) is 9.06. The van der Waals surface area contributed by atoms with Gasteiger partial charge in [0.25, 0.3) is 5.56 Å². The number of benzene rings is 1. The van der Waals surface area contributed by atoms with Crippen LogP contribution in [0.3, 0.4) is 0 Å². The molecule has 1 atom stereocenters. The highest BCUT2D eigenvalue weighted by atomic mass is 16.5. The van der Waals surface area contributed by atoms with E-state index < -0.39 is 0 Å². The number of carbonyl (C=O) groups is 1. The van der Waals surface area contributed by atoms with E-state index in [1.165, 1.54) is 21.8 Å². The molecule has 4 aromatic rings. The molecule has 0 radical (unpaired) electrons. The lowest BCUT2D eigenvalue weighted by molar-refractivity contribution is -0.122. The van der Waals surface area contributed by atoms with Crippen molar-refractivity contribution in [2.75, 3.05) is 0 Å². The Morgan fingerprint density at radius 3 is 2.86 bits per heavy atom. The second-order valence-corrected chi connectivity index (χ2v) is 6.73. The van der Waals surface area contributed by atoms with Gasteiger partial charge in [0.15, 0.2) is 5.65 Å². The molecular weight excluding hydrogens is 374 g/mol. The second kappa shape index (κ2) is 7.66. The molecule has 0 unspecified atom stereocenters. The number of nitrogens with one attached hydrogen (secondary N) is 1. The molecule has 3 heterocycles. The highest BCUT2D eigenvalue weighted by Gasteiger charge is 2.15. The number of fused-ring (bicyclic) bond motifs is 1. The van der Waals surface area contributed by atoms with E-state index in [1.807, 2.05) is 37.3 Å². The topological polar surface area (TPSA) is 121 Å². The summed E-state index contributed by atoms with van der Waals surface area (Å²) in [6.07, 6.45) is 3.17.